The van der Waals surface area contributed by atoms with Crippen LogP contribution in [0.15, 0.2) is 12.2 Å². The summed E-state index contributed by atoms with van der Waals surface area (Å²) in [7, 11) is 0. The number of aliphatic hydroxyl groups is 7. The first kappa shape index (κ1) is 61.9. The maximum absolute atomic E-state index is 13.1. The standard InChI is InChI=1S/C54H105NO10/c1-3-5-7-9-11-13-15-17-18-19-20-21-22-23-24-25-26-27-28-29-30-32-34-36-38-40-42-47(58)53(63)55-45(44-64-54-52(62)51(61)50(60)48(43-56)65-54)49(59)46(57)41-39-37-35-33-31-16-14-12-10-8-6-4-2/h33,35,45-52,54,56-62H,3-32,34,36-44H2,1-2H3,(H,55,63)/b35-33+. The van der Waals surface area contributed by atoms with Gasteiger partial charge in [-0.05, 0) is 38.5 Å². The van der Waals surface area contributed by atoms with Crippen molar-refractivity contribution in [3.8, 4) is 0 Å². The second kappa shape index (κ2) is 44.1. The molecule has 386 valence electrons. The Hall–Kier alpha value is -1.15. The molecule has 11 heteroatoms. The summed E-state index contributed by atoms with van der Waals surface area (Å²) in [6.07, 6.45) is 38.6. The summed E-state index contributed by atoms with van der Waals surface area (Å²) in [6.45, 7) is 3.44. The van der Waals surface area contributed by atoms with Crippen molar-refractivity contribution in [1.82, 2.24) is 5.32 Å². The second-order valence-corrected chi connectivity index (χ2v) is 19.7. The van der Waals surface area contributed by atoms with Gasteiger partial charge in [-0.2, -0.15) is 0 Å². The molecule has 1 rings (SSSR count). The van der Waals surface area contributed by atoms with Crippen LogP contribution in [0, 0.1) is 0 Å². The molecule has 9 unspecified atom stereocenters. The number of carbonyl (C=O) groups excluding carboxylic acids is 1. The molecule has 1 fully saturated rings. The Balaban J connectivity index is 2.27. The maximum Gasteiger partial charge on any atom is 0.249 e. The van der Waals surface area contributed by atoms with Gasteiger partial charge >= 0.3 is 0 Å². The van der Waals surface area contributed by atoms with E-state index in [1.54, 1.807) is 0 Å². The number of ether oxygens (including phenoxy) is 2. The van der Waals surface area contributed by atoms with Crippen molar-refractivity contribution >= 4 is 5.91 Å². The Morgan fingerprint density at radius 1 is 0.523 bits per heavy atom. The molecule has 1 saturated heterocycles. The van der Waals surface area contributed by atoms with Crippen LogP contribution >= 0.6 is 0 Å². The lowest BCUT2D eigenvalue weighted by Crippen LogP contribution is -2.60. The molecule has 0 aliphatic carbocycles. The van der Waals surface area contributed by atoms with E-state index in [4.69, 9.17) is 9.47 Å². The second-order valence-electron chi connectivity index (χ2n) is 19.7. The quantitative estimate of drug-likeness (QED) is 0.0215. The third kappa shape index (κ3) is 33.1. The summed E-state index contributed by atoms with van der Waals surface area (Å²) in [6, 6.07) is -1.18. The summed E-state index contributed by atoms with van der Waals surface area (Å²) in [5.41, 5.74) is 0. The minimum Gasteiger partial charge on any atom is -0.394 e. The Morgan fingerprint density at radius 2 is 0.908 bits per heavy atom. The van der Waals surface area contributed by atoms with Gasteiger partial charge in [-0.15, -0.1) is 0 Å². The number of unbranched alkanes of at least 4 members (excludes halogenated alkanes) is 33. The van der Waals surface area contributed by atoms with Crippen molar-refractivity contribution < 1.29 is 50.0 Å². The lowest BCUT2D eigenvalue weighted by atomic mass is 9.98. The summed E-state index contributed by atoms with van der Waals surface area (Å²) >= 11 is 0. The van der Waals surface area contributed by atoms with Gasteiger partial charge in [0.15, 0.2) is 6.29 Å². The van der Waals surface area contributed by atoms with Crippen LogP contribution in [0.2, 0.25) is 0 Å². The predicted octanol–water partition coefficient (Wildman–Crippen LogP) is 10.8. The van der Waals surface area contributed by atoms with E-state index in [1.165, 1.54) is 180 Å². The smallest absolute Gasteiger partial charge is 0.249 e. The lowest BCUT2D eigenvalue weighted by molar-refractivity contribution is -0.303. The van der Waals surface area contributed by atoms with Crippen molar-refractivity contribution in [3.05, 3.63) is 12.2 Å². The predicted molar refractivity (Wildman–Crippen MR) is 266 cm³/mol. The molecule has 0 radical (unpaired) electrons. The molecule has 9 atom stereocenters. The van der Waals surface area contributed by atoms with Gasteiger partial charge in [0.05, 0.1) is 25.4 Å². The Kier molecular flexibility index (Phi) is 42.0. The first-order chi connectivity index (χ1) is 31.7. The molecule has 0 aromatic rings. The molecule has 0 spiro atoms. The number of allylic oxidation sites excluding steroid dienone is 2. The number of hydrogen-bond acceptors (Lipinski definition) is 10. The normalized spacial score (nSPS) is 20.9. The van der Waals surface area contributed by atoms with Gasteiger partial charge in [0.2, 0.25) is 5.91 Å². The molecular weight excluding hydrogens is 823 g/mol. The molecule has 11 nitrogen and oxygen atoms in total. The van der Waals surface area contributed by atoms with Crippen LogP contribution in [0.4, 0.5) is 0 Å². The highest BCUT2D eigenvalue weighted by atomic mass is 16.7. The van der Waals surface area contributed by atoms with E-state index >= 15 is 0 Å². The van der Waals surface area contributed by atoms with Crippen LogP contribution in [0.1, 0.15) is 258 Å². The van der Waals surface area contributed by atoms with E-state index in [0.29, 0.717) is 12.8 Å². The van der Waals surface area contributed by atoms with Gasteiger partial charge < -0.3 is 50.5 Å². The molecule has 0 saturated carbocycles. The molecule has 1 aliphatic rings. The summed E-state index contributed by atoms with van der Waals surface area (Å²) in [4.78, 5) is 13.1. The molecule has 8 N–H and O–H groups in total. The molecule has 1 amide bonds. The maximum atomic E-state index is 13.1. The highest BCUT2D eigenvalue weighted by Gasteiger charge is 2.44. The number of aliphatic hydroxyl groups excluding tert-OH is 7. The van der Waals surface area contributed by atoms with Crippen molar-refractivity contribution in [2.24, 2.45) is 0 Å². The van der Waals surface area contributed by atoms with Crippen LogP contribution < -0.4 is 5.32 Å². The number of hydrogen-bond donors (Lipinski definition) is 8. The minimum atomic E-state index is -1.66. The first-order valence-corrected chi connectivity index (χ1v) is 27.6. The fraction of sp³-hybridized carbons (Fsp3) is 0.944. The van der Waals surface area contributed by atoms with Gasteiger partial charge in [0, 0.05) is 0 Å². The highest BCUT2D eigenvalue weighted by Crippen LogP contribution is 2.23. The number of carbonyl (C=O) groups is 1. The van der Waals surface area contributed by atoms with Gasteiger partial charge in [0.25, 0.3) is 0 Å². The van der Waals surface area contributed by atoms with E-state index in [-0.39, 0.29) is 12.8 Å². The molecule has 1 aliphatic heterocycles. The van der Waals surface area contributed by atoms with Crippen molar-refractivity contribution in [3.63, 3.8) is 0 Å². The Labute approximate surface area is 398 Å². The highest BCUT2D eigenvalue weighted by molar-refractivity contribution is 5.80. The molecule has 65 heavy (non-hydrogen) atoms. The molecule has 1 heterocycles. The van der Waals surface area contributed by atoms with Crippen LogP contribution in [-0.2, 0) is 14.3 Å². The molecule has 0 aromatic carbocycles. The van der Waals surface area contributed by atoms with Crippen LogP contribution in [-0.4, -0.2) is 110 Å². The zero-order valence-electron chi connectivity index (χ0n) is 42.0. The van der Waals surface area contributed by atoms with Gasteiger partial charge in [0.1, 0.15) is 36.6 Å². The number of amides is 1. The fourth-order valence-electron chi connectivity index (χ4n) is 9.03. The monoisotopic (exact) mass is 928 g/mol. The van der Waals surface area contributed by atoms with E-state index < -0.39 is 74.2 Å². The average molecular weight is 928 g/mol. The van der Waals surface area contributed by atoms with E-state index in [1.807, 2.05) is 0 Å². The van der Waals surface area contributed by atoms with Crippen molar-refractivity contribution in [2.45, 2.75) is 313 Å². The zero-order valence-corrected chi connectivity index (χ0v) is 42.0. The average Bonchev–Trinajstić information content (AvgIpc) is 3.31. The largest absolute Gasteiger partial charge is 0.394 e. The third-order valence-electron chi connectivity index (χ3n) is 13.6. The van der Waals surface area contributed by atoms with Gasteiger partial charge in [-0.25, -0.2) is 0 Å². The SMILES string of the molecule is CCCCCCCCC/C=C/CCCC(O)C(O)C(COC1OC(CO)C(O)C(O)C1O)NC(=O)C(O)CCCCCCCCCCCCCCCCCCCCCCCCCCCC. The summed E-state index contributed by atoms with van der Waals surface area (Å²) in [5, 5.41) is 75.8. The van der Waals surface area contributed by atoms with Crippen LogP contribution in [0.3, 0.4) is 0 Å². The number of nitrogens with one attached hydrogen (secondary N) is 1. The van der Waals surface area contributed by atoms with Crippen molar-refractivity contribution in [1.29, 1.82) is 0 Å². The van der Waals surface area contributed by atoms with E-state index in [9.17, 15) is 40.5 Å². The third-order valence-corrected chi connectivity index (χ3v) is 13.6. The minimum absolute atomic E-state index is 0.259. The topological polar surface area (TPSA) is 189 Å². The van der Waals surface area contributed by atoms with Crippen LogP contribution in [0.25, 0.3) is 0 Å². The number of rotatable bonds is 47. The molecule has 0 bridgehead atoms. The van der Waals surface area contributed by atoms with E-state index in [2.05, 4.69) is 31.3 Å². The fourth-order valence-corrected chi connectivity index (χ4v) is 9.03. The van der Waals surface area contributed by atoms with Gasteiger partial charge in [-0.1, -0.05) is 231 Å². The Bertz CT molecular complexity index is 1060. The zero-order chi connectivity index (χ0) is 47.6. The molecular formula is C54H105NO10. The lowest BCUT2D eigenvalue weighted by Gasteiger charge is -2.40. The van der Waals surface area contributed by atoms with E-state index in [0.717, 1.165) is 38.5 Å². The van der Waals surface area contributed by atoms with Crippen molar-refractivity contribution in [2.75, 3.05) is 13.2 Å². The first-order valence-electron chi connectivity index (χ1n) is 27.6. The molecule has 0 aromatic heterocycles. The van der Waals surface area contributed by atoms with Gasteiger partial charge in [-0.3, -0.25) is 4.79 Å². The summed E-state index contributed by atoms with van der Waals surface area (Å²) < 4.78 is 11.1. The summed E-state index contributed by atoms with van der Waals surface area (Å²) in [5.74, 6) is -0.702. The Morgan fingerprint density at radius 3 is 1.32 bits per heavy atom. The van der Waals surface area contributed by atoms with Crippen LogP contribution in [0.5, 0.6) is 0 Å².